The molecule has 0 fully saturated rings. The van der Waals surface area contributed by atoms with Gasteiger partial charge in [0, 0.05) is 12.5 Å². The van der Waals surface area contributed by atoms with Crippen molar-refractivity contribution in [1.29, 1.82) is 0 Å². The van der Waals surface area contributed by atoms with E-state index in [1.807, 2.05) is 12.1 Å². The summed E-state index contributed by atoms with van der Waals surface area (Å²) in [5.74, 6) is 0.704. The molecule has 0 saturated carbocycles. The zero-order valence-corrected chi connectivity index (χ0v) is 10.5. The summed E-state index contributed by atoms with van der Waals surface area (Å²) in [6, 6.07) is 6.79. The number of hydrogen-bond donors (Lipinski definition) is 4. The average molecular weight is 267 g/mol. The van der Waals surface area contributed by atoms with Gasteiger partial charge in [-0.25, -0.2) is 4.79 Å². The molecule has 0 aliphatic carbocycles. The third-order valence-corrected chi connectivity index (χ3v) is 2.55. The van der Waals surface area contributed by atoms with Crippen LogP contribution in [0.1, 0.15) is 12.0 Å². The van der Waals surface area contributed by atoms with Crippen LogP contribution in [0.4, 0.5) is 4.79 Å². The molecule has 1 aromatic carbocycles. The van der Waals surface area contributed by atoms with Crippen molar-refractivity contribution in [3.63, 3.8) is 0 Å². The third-order valence-electron chi connectivity index (χ3n) is 2.55. The number of carboxylic acid groups (broad SMARTS) is 1. The number of rotatable bonds is 6. The second-order valence-electron chi connectivity index (χ2n) is 3.99. The fraction of sp³-hybridized carbons (Fsp3) is 0.333. The van der Waals surface area contributed by atoms with Crippen molar-refractivity contribution >= 4 is 11.9 Å². The minimum Gasteiger partial charge on any atom is -0.497 e. The van der Waals surface area contributed by atoms with E-state index in [1.54, 1.807) is 19.2 Å². The highest BCUT2D eigenvalue weighted by atomic mass is 16.5. The van der Waals surface area contributed by atoms with Crippen molar-refractivity contribution in [3.05, 3.63) is 29.8 Å². The Morgan fingerprint density at radius 3 is 2.58 bits per heavy atom. The SMILES string of the molecule is COc1ccc(CC(C/C(N)=N/O)NC(=O)O)cc1. The first-order valence-corrected chi connectivity index (χ1v) is 5.64. The molecule has 1 unspecified atom stereocenters. The minimum atomic E-state index is -1.15. The molecular formula is C12H17N3O4. The van der Waals surface area contributed by atoms with E-state index in [0.717, 1.165) is 11.3 Å². The molecule has 0 radical (unpaired) electrons. The van der Waals surface area contributed by atoms with Gasteiger partial charge in [0.2, 0.25) is 0 Å². The monoisotopic (exact) mass is 267 g/mol. The molecule has 0 heterocycles. The van der Waals surface area contributed by atoms with E-state index in [9.17, 15) is 4.79 Å². The van der Waals surface area contributed by atoms with E-state index in [4.69, 9.17) is 20.8 Å². The maximum Gasteiger partial charge on any atom is 0.404 e. The van der Waals surface area contributed by atoms with Crippen LogP contribution < -0.4 is 15.8 Å². The fourth-order valence-corrected chi connectivity index (χ4v) is 1.69. The number of nitrogens with two attached hydrogens (primary N) is 1. The normalized spacial score (nSPS) is 12.8. The van der Waals surface area contributed by atoms with Crippen LogP contribution in [0.3, 0.4) is 0 Å². The van der Waals surface area contributed by atoms with Gasteiger partial charge in [-0.2, -0.15) is 0 Å². The predicted molar refractivity (Wildman–Crippen MR) is 69.7 cm³/mol. The van der Waals surface area contributed by atoms with E-state index < -0.39 is 12.1 Å². The lowest BCUT2D eigenvalue weighted by atomic mass is 10.0. The molecule has 7 heteroatoms. The van der Waals surface area contributed by atoms with Crippen molar-refractivity contribution in [1.82, 2.24) is 5.32 Å². The summed E-state index contributed by atoms with van der Waals surface area (Å²) < 4.78 is 5.04. The number of oxime groups is 1. The molecule has 5 N–H and O–H groups in total. The molecule has 1 atom stereocenters. The topological polar surface area (TPSA) is 117 Å². The largest absolute Gasteiger partial charge is 0.497 e. The first-order chi connectivity index (χ1) is 9.05. The smallest absolute Gasteiger partial charge is 0.404 e. The Hall–Kier alpha value is -2.44. The number of ether oxygens (including phenoxy) is 1. The molecule has 104 valence electrons. The van der Waals surface area contributed by atoms with E-state index in [0.29, 0.717) is 6.42 Å². The fourth-order valence-electron chi connectivity index (χ4n) is 1.69. The average Bonchev–Trinajstić information content (AvgIpc) is 2.38. The Morgan fingerprint density at radius 2 is 2.11 bits per heavy atom. The van der Waals surface area contributed by atoms with Gasteiger partial charge in [0.15, 0.2) is 0 Å². The van der Waals surface area contributed by atoms with Crippen LogP contribution in [0.15, 0.2) is 29.4 Å². The van der Waals surface area contributed by atoms with Crippen LogP contribution >= 0.6 is 0 Å². The minimum absolute atomic E-state index is 0.0211. The lowest BCUT2D eigenvalue weighted by molar-refractivity contribution is 0.190. The molecule has 0 aliphatic heterocycles. The van der Waals surface area contributed by atoms with Crippen LogP contribution in [0, 0.1) is 0 Å². The van der Waals surface area contributed by atoms with Gasteiger partial charge in [-0.05, 0) is 24.1 Å². The summed E-state index contributed by atoms with van der Waals surface area (Å²) in [6.07, 6.45) is -0.578. The summed E-state index contributed by atoms with van der Waals surface area (Å²) in [5.41, 5.74) is 6.32. The van der Waals surface area contributed by atoms with Crippen LogP contribution in [0.2, 0.25) is 0 Å². The lowest BCUT2D eigenvalue weighted by Crippen LogP contribution is -2.38. The number of nitrogens with zero attached hydrogens (tertiary/aromatic N) is 1. The molecule has 0 spiro atoms. The van der Waals surface area contributed by atoms with Gasteiger partial charge < -0.3 is 26.1 Å². The molecule has 19 heavy (non-hydrogen) atoms. The van der Waals surface area contributed by atoms with E-state index in [1.165, 1.54) is 0 Å². The maximum absolute atomic E-state index is 10.7. The first-order valence-electron chi connectivity index (χ1n) is 5.64. The molecule has 1 amide bonds. The number of nitrogens with one attached hydrogen (secondary N) is 1. The zero-order chi connectivity index (χ0) is 14.3. The number of amidine groups is 1. The molecule has 1 aromatic rings. The summed E-state index contributed by atoms with van der Waals surface area (Å²) in [7, 11) is 1.57. The van der Waals surface area contributed by atoms with Gasteiger partial charge >= 0.3 is 6.09 Å². The Kier molecular flexibility index (Phi) is 5.46. The van der Waals surface area contributed by atoms with E-state index in [2.05, 4.69) is 10.5 Å². The van der Waals surface area contributed by atoms with Crippen LogP contribution in [0.5, 0.6) is 5.75 Å². The van der Waals surface area contributed by atoms with Gasteiger partial charge in [-0.3, -0.25) is 0 Å². The molecule has 0 aromatic heterocycles. The zero-order valence-electron chi connectivity index (χ0n) is 10.5. The molecule has 0 bridgehead atoms. The number of carbonyl (C=O) groups is 1. The second kappa shape index (κ2) is 7.10. The summed E-state index contributed by atoms with van der Waals surface area (Å²) in [4.78, 5) is 10.7. The van der Waals surface area contributed by atoms with Gasteiger partial charge in [-0.15, -0.1) is 0 Å². The van der Waals surface area contributed by atoms with Crippen molar-refractivity contribution in [2.75, 3.05) is 7.11 Å². The lowest BCUT2D eigenvalue weighted by Gasteiger charge is -2.16. The number of hydrogen-bond acceptors (Lipinski definition) is 4. The molecule has 0 saturated heterocycles. The number of methoxy groups -OCH3 is 1. The third kappa shape index (κ3) is 5.15. The van der Waals surface area contributed by atoms with Gasteiger partial charge in [0.05, 0.1) is 7.11 Å². The number of amides is 1. The van der Waals surface area contributed by atoms with E-state index in [-0.39, 0.29) is 12.3 Å². The highest BCUT2D eigenvalue weighted by molar-refractivity contribution is 5.80. The molecular weight excluding hydrogens is 250 g/mol. The molecule has 7 nitrogen and oxygen atoms in total. The van der Waals surface area contributed by atoms with Gasteiger partial charge in [0.1, 0.15) is 11.6 Å². The number of benzene rings is 1. The van der Waals surface area contributed by atoms with Crippen molar-refractivity contribution in [3.8, 4) is 5.75 Å². The van der Waals surface area contributed by atoms with Crippen LogP contribution in [0.25, 0.3) is 0 Å². The van der Waals surface area contributed by atoms with Crippen LogP contribution in [-0.4, -0.2) is 35.4 Å². The molecule has 1 rings (SSSR count). The van der Waals surface area contributed by atoms with Gasteiger partial charge in [0.25, 0.3) is 0 Å². The highest BCUT2D eigenvalue weighted by Gasteiger charge is 2.14. The van der Waals surface area contributed by atoms with Crippen LogP contribution in [-0.2, 0) is 6.42 Å². The Labute approximate surface area is 110 Å². The molecule has 0 aliphatic rings. The predicted octanol–water partition coefficient (Wildman–Crippen LogP) is 1.01. The van der Waals surface area contributed by atoms with Crippen molar-refractivity contribution in [2.24, 2.45) is 10.9 Å². The Balaban J connectivity index is 2.71. The Morgan fingerprint density at radius 1 is 1.47 bits per heavy atom. The standard InChI is InChI=1S/C12H17N3O4/c1-19-10-4-2-8(3-5-10)6-9(14-12(16)17)7-11(13)15-18/h2-5,9,14,18H,6-7H2,1H3,(H2,13,15)(H,16,17). The van der Waals surface area contributed by atoms with Crippen molar-refractivity contribution in [2.45, 2.75) is 18.9 Å². The Bertz CT molecular complexity index is 445. The summed E-state index contributed by atoms with van der Waals surface area (Å²) >= 11 is 0. The maximum atomic E-state index is 10.7. The van der Waals surface area contributed by atoms with E-state index >= 15 is 0 Å². The first kappa shape index (κ1) is 14.6. The van der Waals surface area contributed by atoms with Crippen molar-refractivity contribution < 1.29 is 19.8 Å². The summed E-state index contributed by atoms with van der Waals surface area (Å²) in [5, 5.41) is 22.5. The highest BCUT2D eigenvalue weighted by Crippen LogP contribution is 2.13. The van der Waals surface area contributed by atoms with Gasteiger partial charge in [-0.1, -0.05) is 17.3 Å². The quantitative estimate of drug-likeness (QED) is 0.265. The second-order valence-corrected chi connectivity index (χ2v) is 3.99. The summed E-state index contributed by atoms with van der Waals surface area (Å²) in [6.45, 7) is 0.